The first kappa shape index (κ1) is 16.8. The lowest BCUT2D eigenvalue weighted by atomic mass is 10.1. The predicted octanol–water partition coefficient (Wildman–Crippen LogP) is 2.10. The molecule has 0 aromatic heterocycles. The first-order valence-electron chi connectivity index (χ1n) is 8.73. The van der Waals surface area contributed by atoms with Crippen LogP contribution in [-0.4, -0.2) is 60.6 Å². The molecule has 2 fully saturated rings. The summed E-state index contributed by atoms with van der Waals surface area (Å²) in [5.41, 5.74) is 1.99. The van der Waals surface area contributed by atoms with Crippen molar-refractivity contribution in [2.45, 2.75) is 32.3 Å². The minimum Gasteiger partial charge on any atom is -0.368 e. The standard InChI is InChI=1S/C18H25N3O3/c1-2-14-6-3-4-7-15(14)19-18(23)21-11-9-20(10-12-21)17(22)16-8-5-13-24-16/h3-4,6-7,16H,2,5,8-13H2,1H3,(H,19,23)/t16-/m1/s1. The van der Waals surface area contributed by atoms with Gasteiger partial charge in [-0.2, -0.15) is 0 Å². The van der Waals surface area contributed by atoms with Crippen molar-refractivity contribution in [3.63, 3.8) is 0 Å². The van der Waals surface area contributed by atoms with Gasteiger partial charge in [-0.25, -0.2) is 4.79 Å². The Labute approximate surface area is 142 Å². The van der Waals surface area contributed by atoms with Gasteiger partial charge < -0.3 is 19.9 Å². The number of para-hydroxylation sites is 1. The highest BCUT2D eigenvalue weighted by Crippen LogP contribution is 2.18. The van der Waals surface area contributed by atoms with Crippen LogP contribution >= 0.6 is 0 Å². The van der Waals surface area contributed by atoms with E-state index in [4.69, 9.17) is 4.74 Å². The van der Waals surface area contributed by atoms with E-state index in [9.17, 15) is 9.59 Å². The summed E-state index contributed by atoms with van der Waals surface area (Å²) >= 11 is 0. The number of urea groups is 1. The molecule has 2 aliphatic rings. The number of benzene rings is 1. The molecule has 2 aliphatic heterocycles. The van der Waals surface area contributed by atoms with E-state index in [2.05, 4.69) is 12.2 Å². The molecule has 1 aromatic carbocycles. The molecule has 0 bridgehead atoms. The van der Waals surface area contributed by atoms with E-state index in [1.165, 1.54) is 0 Å². The van der Waals surface area contributed by atoms with E-state index < -0.39 is 0 Å². The number of piperazine rings is 1. The molecule has 1 aromatic rings. The molecule has 6 heteroatoms. The van der Waals surface area contributed by atoms with Gasteiger partial charge in [0.25, 0.3) is 5.91 Å². The normalized spacial score (nSPS) is 21.0. The number of rotatable bonds is 3. The molecule has 0 unspecified atom stereocenters. The number of nitrogens with zero attached hydrogens (tertiary/aromatic N) is 2. The van der Waals surface area contributed by atoms with Crippen LogP contribution < -0.4 is 5.32 Å². The highest BCUT2D eigenvalue weighted by atomic mass is 16.5. The number of ether oxygens (including phenoxy) is 1. The van der Waals surface area contributed by atoms with Crippen LogP contribution in [0.2, 0.25) is 0 Å². The highest BCUT2D eigenvalue weighted by Gasteiger charge is 2.31. The zero-order valence-corrected chi connectivity index (χ0v) is 14.2. The van der Waals surface area contributed by atoms with Crippen LogP contribution in [0.4, 0.5) is 10.5 Å². The first-order chi connectivity index (χ1) is 11.7. The van der Waals surface area contributed by atoms with E-state index in [-0.39, 0.29) is 18.0 Å². The molecular weight excluding hydrogens is 306 g/mol. The second-order valence-corrected chi connectivity index (χ2v) is 6.25. The van der Waals surface area contributed by atoms with Crippen LogP contribution in [0.25, 0.3) is 0 Å². The minimum atomic E-state index is -0.276. The average Bonchev–Trinajstić information content (AvgIpc) is 3.16. The Morgan fingerprint density at radius 2 is 1.88 bits per heavy atom. The molecule has 3 amide bonds. The van der Waals surface area contributed by atoms with Crippen molar-refractivity contribution in [2.24, 2.45) is 0 Å². The van der Waals surface area contributed by atoms with Crippen molar-refractivity contribution in [3.05, 3.63) is 29.8 Å². The summed E-state index contributed by atoms with van der Waals surface area (Å²) in [6.07, 6.45) is 2.37. The quantitative estimate of drug-likeness (QED) is 0.923. The van der Waals surface area contributed by atoms with Crippen molar-refractivity contribution in [2.75, 3.05) is 38.1 Å². The molecule has 1 atom stereocenters. The Morgan fingerprint density at radius 1 is 1.17 bits per heavy atom. The van der Waals surface area contributed by atoms with E-state index in [1.54, 1.807) is 4.90 Å². The number of hydrogen-bond donors (Lipinski definition) is 1. The summed E-state index contributed by atoms with van der Waals surface area (Å²) in [6, 6.07) is 7.75. The van der Waals surface area contributed by atoms with Gasteiger partial charge in [-0.1, -0.05) is 25.1 Å². The summed E-state index contributed by atoms with van der Waals surface area (Å²) < 4.78 is 5.46. The lowest BCUT2D eigenvalue weighted by molar-refractivity contribution is -0.142. The molecule has 2 saturated heterocycles. The Kier molecular flexibility index (Phi) is 5.35. The number of anilines is 1. The summed E-state index contributed by atoms with van der Waals surface area (Å²) in [4.78, 5) is 28.4. The maximum atomic E-state index is 12.5. The van der Waals surface area contributed by atoms with Crippen LogP contribution in [0.5, 0.6) is 0 Å². The lowest BCUT2D eigenvalue weighted by Crippen LogP contribution is -2.53. The van der Waals surface area contributed by atoms with Gasteiger partial charge in [0.05, 0.1) is 0 Å². The monoisotopic (exact) mass is 331 g/mol. The fraction of sp³-hybridized carbons (Fsp3) is 0.556. The van der Waals surface area contributed by atoms with Crippen molar-refractivity contribution in [1.82, 2.24) is 9.80 Å². The number of hydrogen-bond acceptors (Lipinski definition) is 3. The lowest BCUT2D eigenvalue weighted by Gasteiger charge is -2.35. The topological polar surface area (TPSA) is 61.9 Å². The highest BCUT2D eigenvalue weighted by molar-refractivity contribution is 5.90. The molecule has 24 heavy (non-hydrogen) atoms. The van der Waals surface area contributed by atoms with E-state index in [0.717, 1.165) is 30.5 Å². The number of nitrogens with one attached hydrogen (secondary N) is 1. The molecule has 130 valence electrons. The Balaban J connectivity index is 1.52. The second kappa shape index (κ2) is 7.66. The molecular formula is C18H25N3O3. The molecule has 1 N–H and O–H groups in total. The Bertz CT molecular complexity index is 591. The van der Waals surface area contributed by atoms with Crippen molar-refractivity contribution in [3.8, 4) is 0 Å². The number of aryl methyl sites for hydroxylation is 1. The summed E-state index contributed by atoms with van der Waals surface area (Å²) in [5.74, 6) is 0.0730. The molecule has 0 radical (unpaired) electrons. The first-order valence-corrected chi connectivity index (χ1v) is 8.73. The predicted molar refractivity (Wildman–Crippen MR) is 92.0 cm³/mol. The molecule has 0 spiro atoms. The summed E-state index contributed by atoms with van der Waals surface area (Å²) in [5, 5.41) is 2.99. The maximum absolute atomic E-state index is 12.5. The maximum Gasteiger partial charge on any atom is 0.321 e. The Morgan fingerprint density at radius 3 is 2.54 bits per heavy atom. The van der Waals surface area contributed by atoms with Crippen LogP contribution in [0.15, 0.2) is 24.3 Å². The third-order valence-electron chi connectivity index (χ3n) is 4.72. The minimum absolute atomic E-state index is 0.0730. The van der Waals surface area contributed by atoms with Crippen LogP contribution in [0, 0.1) is 0 Å². The van der Waals surface area contributed by atoms with Crippen molar-refractivity contribution < 1.29 is 14.3 Å². The van der Waals surface area contributed by atoms with Gasteiger partial charge in [0.2, 0.25) is 0 Å². The van der Waals surface area contributed by atoms with Crippen molar-refractivity contribution >= 4 is 17.6 Å². The molecule has 3 rings (SSSR count). The summed E-state index contributed by atoms with van der Waals surface area (Å²) in [6.45, 7) is 5.00. The van der Waals surface area contributed by atoms with E-state index >= 15 is 0 Å². The van der Waals surface area contributed by atoms with Gasteiger partial charge in [-0.3, -0.25) is 4.79 Å². The fourth-order valence-electron chi connectivity index (χ4n) is 3.25. The zero-order chi connectivity index (χ0) is 16.9. The van der Waals surface area contributed by atoms with Crippen LogP contribution in [-0.2, 0) is 16.0 Å². The number of carbonyl (C=O) groups excluding carboxylic acids is 2. The largest absolute Gasteiger partial charge is 0.368 e. The number of carbonyl (C=O) groups is 2. The average molecular weight is 331 g/mol. The summed E-state index contributed by atoms with van der Waals surface area (Å²) in [7, 11) is 0. The van der Waals surface area contributed by atoms with Gasteiger partial charge >= 0.3 is 6.03 Å². The third kappa shape index (κ3) is 3.70. The van der Waals surface area contributed by atoms with Gasteiger partial charge in [0.15, 0.2) is 0 Å². The second-order valence-electron chi connectivity index (χ2n) is 6.25. The Hall–Kier alpha value is -2.08. The molecule has 0 aliphatic carbocycles. The number of amides is 3. The van der Waals surface area contributed by atoms with Crippen molar-refractivity contribution in [1.29, 1.82) is 0 Å². The van der Waals surface area contributed by atoms with Crippen LogP contribution in [0.3, 0.4) is 0 Å². The van der Waals surface area contributed by atoms with Gasteiger partial charge in [0, 0.05) is 38.5 Å². The molecule has 0 saturated carbocycles. The van der Waals surface area contributed by atoms with Crippen LogP contribution in [0.1, 0.15) is 25.3 Å². The molecule has 2 heterocycles. The molecule has 6 nitrogen and oxygen atoms in total. The fourth-order valence-corrected chi connectivity index (χ4v) is 3.25. The van der Waals surface area contributed by atoms with Gasteiger partial charge in [-0.15, -0.1) is 0 Å². The zero-order valence-electron chi connectivity index (χ0n) is 14.2. The van der Waals surface area contributed by atoms with Gasteiger partial charge in [0.1, 0.15) is 6.10 Å². The van der Waals surface area contributed by atoms with Gasteiger partial charge in [-0.05, 0) is 30.9 Å². The third-order valence-corrected chi connectivity index (χ3v) is 4.72. The SMILES string of the molecule is CCc1ccccc1NC(=O)N1CCN(C(=O)[C@H]2CCCO2)CC1. The van der Waals surface area contributed by atoms with E-state index in [1.807, 2.05) is 29.2 Å². The van der Waals surface area contributed by atoms with E-state index in [0.29, 0.717) is 32.8 Å². The smallest absolute Gasteiger partial charge is 0.321 e.